The highest BCUT2D eigenvalue weighted by molar-refractivity contribution is 5.36. The van der Waals surface area contributed by atoms with Crippen LogP contribution in [0.2, 0.25) is 0 Å². The molecule has 0 aliphatic carbocycles. The van der Waals surface area contributed by atoms with Crippen molar-refractivity contribution in [3.8, 4) is 5.69 Å². The van der Waals surface area contributed by atoms with Gasteiger partial charge >= 0.3 is 0 Å². The molecule has 0 bridgehead atoms. The summed E-state index contributed by atoms with van der Waals surface area (Å²) in [5.74, 6) is 0.236. The van der Waals surface area contributed by atoms with Crippen LogP contribution >= 0.6 is 0 Å². The van der Waals surface area contributed by atoms with Gasteiger partial charge in [0.1, 0.15) is 11.5 Å². The number of hydrogen-bond donors (Lipinski definition) is 0. The molecule has 2 aromatic heterocycles. The van der Waals surface area contributed by atoms with Crippen molar-refractivity contribution in [1.82, 2.24) is 34.9 Å². The summed E-state index contributed by atoms with van der Waals surface area (Å²) < 4.78 is 17.3. The molecule has 8 heteroatoms. The average Bonchev–Trinajstić information content (AvgIpc) is 3.11. The Morgan fingerprint density at radius 2 is 2.09 bits per heavy atom. The van der Waals surface area contributed by atoms with E-state index in [1.54, 1.807) is 16.8 Å². The minimum Gasteiger partial charge on any atom is -0.295 e. The van der Waals surface area contributed by atoms with Crippen LogP contribution < -0.4 is 0 Å². The Bertz CT molecular complexity index is 808. The van der Waals surface area contributed by atoms with Gasteiger partial charge in [-0.3, -0.25) is 9.58 Å². The van der Waals surface area contributed by atoms with Crippen LogP contribution in [0.4, 0.5) is 4.39 Å². The van der Waals surface area contributed by atoms with Crippen LogP contribution in [-0.2, 0) is 20.1 Å². The second kappa shape index (κ2) is 6.25. The smallest absolute Gasteiger partial charge is 0.170 e. The van der Waals surface area contributed by atoms with Crippen LogP contribution in [0, 0.1) is 12.7 Å². The van der Waals surface area contributed by atoms with Crippen molar-refractivity contribution in [2.45, 2.75) is 20.0 Å². The number of halogens is 1. The third-order valence-electron chi connectivity index (χ3n) is 3.49. The molecule has 0 radical (unpaired) electrons. The largest absolute Gasteiger partial charge is 0.295 e. The molecular weight excluding hydrogens is 297 g/mol. The molecule has 0 fully saturated rings. The summed E-state index contributed by atoms with van der Waals surface area (Å²) in [6, 6.07) is 4.88. The number of nitrogens with zero attached hydrogens (tertiary/aromatic N) is 7. The minimum absolute atomic E-state index is 0.348. The summed E-state index contributed by atoms with van der Waals surface area (Å²) in [4.78, 5) is 2.05. The van der Waals surface area contributed by atoms with Crippen LogP contribution in [0.15, 0.2) is 30.6 Å². The first kappa shape index (κ1) is 15.3. The van der Waals surface area contributed by atoms with E-state index >= 15 is 0 Å². The standard InChI is InChI=1S/C15H18FN7/c1-11-4-5-13(16)14(6-11)23-15(18-19-20-23)10-21(2)8-12-7-17-22(3)9-12/h4-7,9H,8,10H2,1-3H3. The Morgan fingerprint density at radius 1 is 1.26 bits per heavy atom. The first-order valence-electron chi connectivity index (χ1n) is 7.23. The Kier molecular flexibility index (Phi) is 4.16. The summed E-state index contributed by atoms with van der Waals surface area (Å²) >= 11 is 0. The summed E-state index contributed by atoms with van der Waals surface area (Å²) in [6.07, 6.45) is 3.78. The highest BCUT2D eigenvalue weighted by atomic mass is 19.1. The van der Waals surface area contributed by atoms with E-state index in [1.807, 2.05) is 38.3 Å². The fourth-order valence-corrected chi connectivity index (χ4v) is 2.44. The lowest BCUT2D eigenvalue weighted by molar-refractivity contribution is 0.307. The molecule has 120 valence electrons. The second-order valence-electron chi connectivity index (χ2n) is 5.66. The molecule has 0 atom stereocenters. The van der Waals surface area contributed by atoms with Crippen molar-refractivity contribution < 1.29 is 4.39 Å². The number of benzene rings is 1. The highest BCUT2D eigenvalue weighted by Crippen LogP contribution is 2.16. The van der Waals surface area contributed by atoms with E-state index in [0.717, 1.165) is 11.1 Å². The Hall–Kier alpha value is -2.61. The van der Waals surface area contributed by atoms with Crippen molar-refractivity contribution >= 4 is 0 Å². The van der Waals surface area contributed by atoms with Gasteiger partial charge in [0.05, 0.1) is 12.7 Å². The summed E-state index contributed by atoms with van der Waals surface area (Å²) in [7, 11) is 3.84. The number of aromatic nitrogens is 6. The predicted octanol–water partition coefficient (Wildman–Crippen LogP) is 1.48. The molecule has 0 aliphatic heterocycles. The van der Waals surface area contributed by atoms with Gasteiger partial charge in [0.25, 0.3) is 0 Å². The third-order valence-corrected chi connectivity index (χ3v) is 3.49. The van der Waals surface area contributed by atoms with Gasteiger partial charge in [0.15, 0.2) is 5.82 Å². The molecule has 3 aromatic rings. The Labute approximate surface area is 133 Å². The number of hydrogen-bond acceptors (Lipinski definition) is 5. The zero-order valence-corrected chi connectivity index (χ0v) is 13.3. The maximum absolute atomic E-state index is 14.1. The topological polar surface area (TPSA) is 64.7 Å². The van der Waals surface area contributed by atoms with E-state index in [4.69, 9.17) is 0 Å². The van der Waals surface area contributed by atoms with Gasteiger partial charge in [-0.15, -0.1) is 5.10 Å². The van der Waals surface area contributed by atoms with Gasteiger partial charge < -0.3 is 0 Å². The van der Waals surface area contributed by atoms with Crippen molar-refractivity contribution in [3.63, 3.8) is 0 Å². The van der Waals surface area contributed by atoms with Gasteiger partial charge in [0.2, 0.25) is 0 Å². The lowest BCUT2D eigenvalue weighted by Crippen LogP contribution is -2.20. The van der Waals surface area contributed by atoms with E-state index < -0.39 is 0 Å². The molecule has 23 heavy (non-hydrogen) atoms. The molecule has 0 saturated heterocycles. The van der Waals surface area contributed by atoms with Crippen LogP contribution in [0.3, 0.4) is 0 Å². The minimum atomic E-state index is -0.348. The fourth-order valence-electron chi connectivity index (χ4n) is 2.44. The molecule has 3 rings (SSSR count). The Balaban J connectivity index is 1.79. The van der Waals surface area contributed by atoms with Crippen molar-refractivity contribution in [3.05, 3.63) is 53.4 Å². The highest BCUT2D eigenvalue weighted by Gasteiger charge is 2.14. The molecular formula is C15H18FN7. The monoisotopic (exact) mass is 315 g/mol. The second-order valence-corrected chi connectivity index (χ2v) is 5.66. The van der Waals surface area contributed by atoms with Gasteiger partial charge in [-0.1, -0.05) is 6.07 Å². The maximum atomic E-state index is 14.1. The normalized spacial score (nSPS) is 11.3. The van der Waals surface area contributed by atoms with E-state index in [1.165, 1.54) is 10.7 Å². The van der Waals surface area contributed by atoms with Crippen LogP contribution in [0.5, 0.6) is 0 Å². The molecule has 2 heterocycles. The third kappa shape index (κ3) is 3.42. The lowest BCUT2D eigenvalue weighted by atomic mass is 10.2. The van der Waals surface area contributed by atoms with E-state index in [0.29, 0.717) is 24.6 Å². The zero-order valence-electron chi connectivity index (χ0n) is 13.3. The van der Waals surface area contributed by atoms with Crippen LogP contribution in [0.25, 0.3) is 5.69 Å². The number of rotatable bonds is 5. The molecule has 7 nitrogen and oxygen atoms in total. The van der Waals surface area contributed by atoms with Gasteiger partial charge in [-0.25, -0.2) is 4.39 Å². The number of aryl methyl sites for hydroxylation is 2. The SMILES string of the molecule is Cc1ccc(F)c(-n2nnnc2CN(C)Cc2cnn(C)c2)c1. The zero-order chi connectivity index (χ0) is 16.4. The van der Waals surface area contributed by atoms with E-state index in [-0.39, 0.29) is 5.82 Å². The molecule has 0 spiro atoms. The molecule has 0 saturated carbocycles. The fraction of sp³-hybridized carbons (Fsp3) is 0.333. The van der Waals surface area contributed by atoms with Crippen LogP contribution in [0.1, 0.15) is 17.0 Å². The first-order chi connectivity index (χ1) is 11.0. The van der Waals surface area contributed by atoms with Gasteiger partial charge in [0, 0.05) is 25.4 Å². The quantitative estimate of drug-likeness (QED) is 0.713. The molecule has 1 aromatic carbocycles. The average molecular weight is 315 g/mol. The molecule has 0 unspecified atom stereocenters. The molecule has 0 amide bonds. The first-order valence-corrected chi connectivity index (χ1v) is 7.23. The van der Waals surface area contributed by atoms with Gasteiger partial charge in [-0.2, -0.15) is 9.78 Å². The van der Waals surface area contributed by atoms with Gasteiger partial charge in [-0.05, 0) is 42.1 Å². The molecule has 0 aliphatic rings. The Morgan fingerprint density at radius 3 is 2.83 bits per heavy atom. The van der Waals surface area contributed by atoms with E-state index in [9.17, 15) is 4.39 Å². The lowest BCUT2D eigenvalue weighted by Gasteiger charge is -2.15. The maximum Gasteiger partial charge on any atom is 0.170 e. The van der Waals surface area contributed by atoms with Crippen LogP contribution in [-0.4, -0.2) is 41.9 Å². The van der Waals surface area contributed by atoms with Crippen molar-refractivity contribution in [2.75, 3.05) is 7.05 Å². The van der Waals surface area contributed by atoms with E-state index in [2.05, 4.69) is 20.6 Å². The summed E-state index contributed by atoms with van der Waals surface area (Å²) in [6.45, 7) is 3.10. The predicted molar refractivity (Wildman–Crippen MR) is 82.2 cm³/mol. The van der Waals surface area contributed by atoms with Crippen molar-refractivity contribution in [2.24, 2.45) is 7.05 Å². The molecule has 0 N–H and O–H groups in total. The summed E-state index contributed by atoms with van der Waals surface area (Å²) in [5.41, 5.74) is 2.40. The van der Waals surface area contributed by atoms with Crippen molar-refractivity contribution in [1.29, 1.82) is 0 Å². The number of tetrazole rings is 1. The summed E-state index contributed by atoms with van der Waals surface area (Å²) in [5, 5.41) is 15.8.